The predicted molar refractivity (Wildman–Crippen MR) is 91.0 cm³/mol. The Morgan fingerprint density at radius 2 is 2.09 bits per heavy atom. The van der Waals surface area contributed by atoms with E-state index in [2.05, 4.69) is 22.2 Å². The number of carbonyl (C=O) groups is 1. The van der Waals surface area contributed by atoms with Gasteiger partial charge in [0.05, 0.1) is 13.1 Å². The Bertz CT molecular complexity index is 640. The third kappa shape index (κ3) is 4.04. The molecule has 1 saturated carbocycles. The number of rotatable bonds is 2. The highest BCUT2D eigenvalue weighted by Gasteiger charge is 2.36. The Hall–Kier alpha value is -2.48. The van der Waals surface area contributed by atoms with Crippen molar-refractivity contribution in [2.45, 2.75) is 18.9 Å². The minimum absolute atomic E-state index is 0.206. The van der Waals surface area contributed by atoms with Crippen LogP contribution in [0.4, 0.5) is 0 Å². The van der Waals surface area contributed by atoms with Gasteiger partial charge in [0, 0.05) is 31.7 Å². The van der Waals surface area contributed by atoms with Crippen LogP contribution in [0.2, 0.25) is 0 Å². The number of hydrogen-bond acceptors (Lipinski definition) is 2. The second-order valence-electron chi connectivity index (χ2n) is 5.81. The quantitative estimate of drug-likeness (QED) is 0.502. The molecule has 120 valence electrons. The average molecular weight is 310 g/mol. The minimum Gasteiger partial charge on any atom is -0.345 e. The lowest BCUT2D eigenvalue weighted by molar-refractivity contribution is -0.135. The Morgan fingerprint density at radius 1 is 1.30 bits per heavy atom. The van der Waals surface area contributed by atoms with E-state index in [1.165, 1.54) is 0 Å². The molecule has 1 amide bonds. The van der Waals surface area contributed by atoms with Gasteiger partial charge in [-0.1, -0.05) is 30.0 Å². The number of guanidine groups is 1. The maximum absolute atomic E-state index is 12.2. The smallest absolute Gasteiger partial charge is 0.242 e. The highest BCUT2D eigenvalue weighted by Crippen LogP contribution is 2.27. The van der Waals surface area contributed by atoms with Crippen molar-refractivity contribution in [2.24, 2.45) is 4.99 Å². The molecule has 23 heavy (non-hydrogen) atoms. The van der Waals surface area contributed by atoms with E-state index in [1.807, 2.05) is 40.1 Å². The molecular formula is C18H22N4O. The van der Waals surface area contributed by atoms with Crippen molar-refractivity contribution in [1.29, 1.82) is 0 Å². The lowest BCUT2D eigenvalue weighted by Gasteiger charge is -2.36. The summed E-state index contributed by atoms with van der Waals surface area (Å²) in [6.45, 7) is 2.54. The van der Waals surface area contributed by atoms with Gasteiger partial charge >= 0.3 is 0 Å². The van der Waals surface area contributed by atoms with E-state index in [4.69, 9.17) is 0 Å². The normalized spacial score (nSPS) is 18.5. The molecule has 0 radical (unpaired) electrons. The van der Waals surface area contributed by atoms with Crippen LogP contribution in [0, 0.1) is 11.8 Å². The number of piperazine rings is 1. The molecule has 0 unspecified atom stereocenters. The van der Waals surface area contributed by atoms with Crippen LogP contribution in [0.1, 0.15) is 18.4 Å². The molecule has 1 aliphatic heterocycles. The standard InChI is InChI=1S/C18H22N4O/c1-19-18(20-11-5-8-15-6-3-2-4-7-15)21-12-13-22(16-9-10-16)17(23)14-21/h2-4,6-7,16H,9-14H2,1H3,(H,19,20). The van der Waals surface area contributed by atoms with E-state index in [0.29, 0.717) is 19.1 Å². The average Bonchev–Trinajstić information content (AvgIpc) is 3.41. The summed E-state index contributed by atoms with van der Waals surface area (Å²) >= 11 is 0. The van der Waals surface area contributed by atoms with E-state index in [-0.39, 0.29) is 5.91 Å². The Kier molecular flexibility index (Phi) is 4.82. The van der Waals surface area contributed by atoms with Gasteiger partial charge in [-0.05, 0) is 25.0 Å². The summed E-state index contributed by atoms with van der Waals surface area (Å²) < 4.78 is 0. The van der Waals surface area contributed by atoms with Crippen molar-refractivity contribution in [3.05, 3.63) is 35.9 Å². The van der Waals surface area contributed by atoms with E-state index < -0.39 is 0 Å². The molecule has 1 aromatic carbocycles. The van der Waals surface area contributed by atoms with Gasteiger partial charge in [-0.2, -0.15) is 0 Å². The van der Waals surface area contributed by atoms with Crippen LogP contribution in [0.5, 0.6) is 0 Å². The molecule has 5 nitrogen and oxygen atoms in total. The fourth-order valence-corrected chi connectivity index (χ4v) is 2.76. The van der Waals surface area contributed by atoms with Crippen LogP contribution in [0.3, 0.4) is 0 Å². The molecule has 0 atom stereocenters. The lowest BCUT2D eigenvalue weighted by Crippen LogP contribution is -2.55. The van der Waals surface area contributed by atoms with Crippen LogP contribution in [0.15, 0.2) is 35.3 Å². The predicted octanol–water partition coefficient (Wildman–Crippen LogP) is 0.920. The first-order chi connectivity index (χ1) is 11.3. The lowest BCUT2D eigenvalue weighted by atomic mass is 10.2. The molecular weight excluding hydrogens is 288 g/mol. The minimum atomic E-state index is 0.206. The molecule has 1 heterocycles. The first kappa shape index (κ1) is 15.4. The van der Waals surface area contributed by atoms with E-state index in [1.54, 1.807) is 7.05 Å². The summed E-state index contributed by atoms with van der Waals surface area (Å²) in [6.07, 6.45) is 2.32. The molecule has 2 aliphatic rings. The van der Waals surface area contributed by atoms with Crippen LogP contribution < -0.4 is 5.32 Å². The first-order valence-corrected chi connectivity index (χ1v) is 8.07. The zero-order valence-corrected chi connectivity index (χ0v) is 13.5. The van der Waals surface area contributed by atoms with E-state index in [9.17, 15) is 4.79 Å². The number of amides is 1. The Labute approximate surface area is 137 Å². The zero-order valence-electron chi connectivity index (χ0n) is 13.5. The summed E-state index contributed by atoms with van der Waals surface area (Å²) in [5.41, 5.74) is 0.998. The van der Waals surface area contributed by atoms with Crippen molar-refractivity contribution in [1.82, 2.24) is 15.1 Å². The van der Waals surface area contributed by atoms with Crippen molar-refractivity contribution in [2.75, 3.05) is 33.2 Å². The highest BCUT2D eigenvalue weighted by atomic mass is 16.2. The number of carbonyl (C=O) groups excluding carboxylic acids is 1. The summed E-state index contributed by atoms with van der Waals surface area (Å²) in [6, 6.07) is 10.4. The van der Waals surface area contributed by atoms with Crippen molar-refractivity contribution in [3.8, 4) is 11.8 Å². The maximum atomic E-state index is 12.2. The van der Waals surface area contributed by atoms with Gasteiger partial charge in [-0.3, -0.25) is 9.79 Å². The highest BCUT2D eigenvalue weighted by molar-refractivity contribution is 5.88. The van der Waals surface area contributed by atoms with Crippen molar-refractivity contribution < 1.29 is 4.79 Å². The monoisotopic (exact) mass is 310 g/mol. The SMILES string of the molecule is CN=C(NCC#Cc1ccccc1)N1CCN(C2CC2)C(=O)C1. The maximum Gasteiger partial charge on any atom is 0.242 e. The molecule has 1 aliphatic carbocycles. The third-order valence-electron chi connectivity index (χ3n) is 4.10. The van der Waals surface area contributed by atoms with Gasteiger partial charge in [-0.15, -0.1) is 0 Å². The number of benzene rings is 1. The van der Waals surface area contributed by atoms with Crippen molar-refractivity contribution >= 4 is 11.9 Å². The number of hydrogen-bond donors (Lipinski definition) is 1. The fraction of sp³-hybridized carbons (Fsp3) is 0.444. The fourth-order valence-electron chi connectivity index (χ4n) is 2.76. The molecule has 5 heteroatoms. The first-order valence-electron chi connectivity index (χ1n) is 8.07. The molecule has 0 aromatic heterocycles. The van der Waals surface area contributed by atoms with Crippen LogP contribution in [0.25, 0.3) is 0 Å². The van der Waals surface area contributed by atoms with E-state index in [0.717, 1.165) is 37.5 Å². The number of nitrogens with zero attached hydrogens (tertiary/aromatic N) is 3. The van der Waals surface area contributed by atoms with Gasteiger partial charge in [0.1, 0.15) is 0 Å². The number of nitrogens with one attached hydrogen (secondary N) is 1. The second kappa shape index (κ2) is 7.19. The van der Waals surface area contributed by atoms with Crippen molar-refractivity contribution in [3.63, 3.8) is 0 Å². The van der Waals surface area contributed by atoms with Gasteiger partial charge in [0.15, 0.2) is 5.96 Å². The Balaban J connectivity index is 1.50. The third-order valence-corrected chi connectivity index (χ3v) is 4.10. The van der Waals surface area contributed by atoms with Gasteiger partial charge in [0.25, 0.3) is 0 Å². The molecule has 1 saturated heterocycles. The van der Waals surface area contributed by atoms with Gasteiger partial charge in [-0.25, -0.2) is 0 Å². The number of aliphatic imine (C=N–C) groups is 1. The molecule has 1 N–H and O–H groups in total. The van der Waals surface area contributed by atoms with Gasteiger partial charge in [0.2, 0.25) is 5.91 Å². The topological polar surface area (TPSA) is 47.9 Å². The summed E-state index contributed by atoms with van der Waals surface area (Å²) in [7, 11) is 1.74. The zero-order chi connectivity index (χ0) is 16.1. The summed E-state index contributed by atoms with van der Waals surface area (Å²) in [4.78, 5) is 20.5. The Morgan fingerprint density at radius 3 is 2.74 bits per heavy atom. The molecule has 1 aromatic rings. The largest absolute Gasteiger partial charge is 0.345 e. The van der Waals surface area contributed by atoms with Gasteiger partial charge < -0.3 is 15.1 Å². The van der Waals surface area contributed by atoms with E-state index >= 15 is 0 Å². The second-order valence-corrected chi connectivity index (χ2v) is 5.81. The summed E-state index contributed by atoms with van der Waals surface area (Å²) in [5, 5.41) is 3.22. The van der Waals surface area contributed by atoms with Crippen LogP contribution in [-0.2, 0) is 4.79 Å². The molecule has 3 rings (SSSR count). The molecule has 0 bridgehead atoms. The molecule has 0 spiro atoms. The van der Waals surface area contributed by atoms with Crippen LogP contribution in [-0.4, -0.2) is 60.9 Å². The summed E-state index contributed by atoms with van der Waals surface area (Å²) in [5.74, 6) is 7.15. The molecule has 2 fully saturated rings. The van der Waals surface area contributed by atoms with Crippen LogP contribution >= 0.6 is 0 Å².